The molecule has 0 amide bonds. The molecule has 0 saturated carbocycles. The van der Waals surface area contributed by atoms with Crippen LogP contribution in [0.1, 0.15) is 18.2 Å². The van der Waals surface area contributed by atoms with E-state index in [1.807, 2.05) is 0 Å². The lowest BCUT2D eigenvalue weighted by Crippen LogP contribution is -2.33. The number of anilines is 1. The summed E-state index contributed by atoms with van der Waals surface area (Å²) < 4.78 is 0. The Bertz CT molecular complexity index is 693. The molecule has 0 aliphatic carbocycles. The lowest BCUT2D eigenvalue weighted by molar-refractivity contribution is 0.655. The van der Waals surface area contributed by atoms with Crippen LogP contribution in [0.25, 0.3) is 10.2 Å². The lowest BCUT2D eigenvalue weighted by atomic mass is 10.3. The molecule has 116 valence electrons. The first-order valence-corrected chi connectivity index (χ1v) is 9.30. The molecule has 22 heavy (non-hydrogen) atoms. The molecule has 4 nitrogen and oxygen atoms in total. The van der Waals surface area contributed by atoms with Crippen LogP contribution in [-0.2, 0) is 6.54 Å². The third kappa shape index (κ3) is 3.63. The van der Waals surface area contributed by atoms with Gasteiger partial charge < -0.3 is 10.2 Å². The van der Waals surface area contributed by atoms with E-state index in [1.165, 1.54) is 10.3 Å². The van der Waals surface area contributed by atoms with Crippen LogP contribution in [0.2, 0.25) is 0 Å². The minimum absolute atomic E-state index is 0.940. The van der Waals surface area contributed by atoms with E-state index in [1.54, 1.807) is 29.0 Å². The maximum atomic E-state index is 4.52. The second-order valence-corrected chi connectivity index (χ2v) is 7.01. The Labute approximate surface area is 138 Å². The molecule has 0 aliphatic rings. The molecule has 0 fully saturated rings. The van der Waals surface area contributed by atoms with Crippen molar-refractivity contribution >= 4 is 38.7 Å². The minimum atomic E-state index is 0.940. The monoisotopic (exact) mass is 332 g/mol. The van der Waals surface area contributed by atoms with Crippen LogP contribution >= 0.6 is 22.7 Å². The van der Waals surface area contributed by atoms with Crippen LogP contribution in [0.5, 0.6) is 0 Å². The number of rotatable bonds is 8. The Morgan fingerprint density at radius 3 is 2.91 bits per heavy atom. The average Bonchev–Trinajstić information content (AvgIpc) is 3.21. The van der Waals surface area contributed by atoms with E-state index in [4.69, 9.17) is 0 Å². The SMILES string of the molecule is CCCN(CCNCc1cccs1)c1ncnc2sccc12. The second-order valence-electron chi connectivity index (χ2n) is 5.08. The van der Waals surface area contributed by atoms with Gasteiger partial charge in [-0.3, -0.25) is 0 Å². The van der Waals surface area contributed by atoms with Crippen molar-refractivity contribution in [1.82, 2.24) is 15.3 Å². The summed E-state index contributed by atoms with van der Waals surface area (Å²) in [7, 11) is 0. The Balaban J connectivity index is 1.63. The van der Waals surface area contributed by atoms with Gasteiger partial charge in [0.2, 0.25) is 0 Å². The standard InChI is InChI=1S/C16H20N4S2/c1-2-7-20(8-6-17-11-13-4-3-9-21-13)15-14-5-10-22-16(14)19-12-18-15/h3-5,9-10,12,17H,2,6-8,11H2,1H3. The van der Waals surface area contributed by atoms with E-state index in [-0.39, 0.29) is 0 Å². The van der Waals surface area contributed by atoms with Gasteiger partial charge in [-0.15, -0.1) is 22.7 Å². The van der Waals surface area contributed by atoms with E-state index < -0.39 is 0 Å². The highest BCUT2D eigenvalue weighted by Crippen LogP contribution is 2.26. The van der Waals surface area contributed by atoms with Gasteiger partial charge in [-0.05, 0) is 29.3 Å². The zero-order chi connectivity index (χ0) is 15.2. The average molecular weight is 332 g/mol. The quantitative estimate of drug-likeness (QED) is 0.638. The van der Waals surface area contributed by atoms with Gasteiger partial charge >= 0.3 is 0 Å². The largest absolute Gasteiger partial charge is 0.355 e. The molecule has 0 saturated heterocycles. The first-order chi connectivity index (χ1) is 10.9. The molecule has 0 bridgehead atoms. The van der Waals surface area contributed by atoms with Crippen LogP contribution in [0.15, 0.2) is 35.3 Å². The van der Waals surface area contributed by atoms with Gasteiger partial charge in [0.25, 0.3) is 0 Å². The van der Waals surface area contributed by atoms with Gasteiger partial charge in [0.05, 0.1) is 5.39 Å². The van der Waals surface area contributed by atoms with Gasteiger partial charge in [0.15, 0.2) is 0 Å². The zero-order valence-electron chi connectivity index (χ0n) is 12.7. The molecule has 3 aromatic heterocycles. The summed E-state index contributed by atoms with van der Waals surface area (Å²) in [6.07, 6.45) is 2.79. The highest BCUT2D eigenvalue weighted by Gasteiger charge is 2.12. The maximum Gasteiger partial charge on any atom is 0.140 e. The maximum absolute atomic E-state index is 4.52. The smallest absolute Gasteiger partial charge is 0.140 e. The summed E-state index contributed by atoms with van der Waals surface area (Å²) in [6, 6.07) is 6.39. The predicted octanol–water partition coefficient (Wildman–Crippen LogP) is 3.76. The number of nitrogens with one attached hydrogen (secondary N) is 1. The summed E-state index contributed by atoms with van der Waals surface area (Å²) in [4.78, 5) is 13.7. The number of thiophene rings is 2. The van der Waals surface area contributed by atoms with Crippen LogP contribution < -0.4 is 10.2 Å². The van der Waals surface area contributed by atoms with E-state index in [0.29, 0.717) is 0 Å². The third-order valence-electron chi connectivity index (χ3n) is 3.47. The van der Waals surface area contributed by atoms with E-state index >= 15 is 0 Å². The molecule has 3 rings (SSSR count). The number of nitrogens with zero attached hydrogens (tertiary/aromatic N) is 3. The highest BCUT2D eigenvalue weighted by atomic mass is 32.1. The van der Waals surface area contributed by atoms with Crippen molar-refractivity contribution in [2.75, 3.05) is 24.5 Å². The van der Waals surface area contributed by atoms with Gasteiger partial charge in [-0.2, -0.15) is 0 Å². The topological polar surface area (TPSA) is 41.0 Å². The van der Waals surface area contributed by atoms with Gasteiger partial charge in [0.1, 0.15) is 17.0 Å². The first kappa shape index (κ1) is 15.4. The van der Waals surface area contributed by atoms with Crippen molar-refractivity contribution in [3.63, 3.8) is 0 Å². The second kappa shape index (κ2) is 7.67. The summed E-state index contributed by atoms with van der Waals surface area (Å²) in [6.45, 7) is 6.07. The Hall–Kier alpha value is -1.50. The van der Waals surface area contributed by atoms with Crippen LogP contribution in [-0.4, -0.2) is 29.6 Å². The number of aromatic nitrogens is 2. The van der Waals surface area contributed by atoms with Gasteiger partial charge in [-0.25, -0.2) is 9.97 Å². The Morgan fingerprint density at radius 2 is 2.09 bits per heavy atom. The van der Waals surface area contributed by atoms with Crippen LogP contribution in [0.4, 0.5) is 5.82 Å². The predicted molar refractivity (Wildman–Crippen MR) is 95.9 cm³/mol. The van der Waals surface area contributed by atoms with E-state index in [0.717, 1.165) is 43.2 Å². The minimum Gasteiger partial charge on any atom is -0.355 e. The van der Waals surface area contributed by atoms with E-state index in [2.05, 4.69) is 56.1 Å². The van der Waals surface area contributed by atoms with Crippen LogP contribution in [0, 0.1) is 0 Å². The molecule has 6 heteroatoms. The number of fused-ring (bicyclic) bond motifs is 1. The number of hydrogen-bond donors (Lipinski definition) is 1. The zero-order valence-corrected chi connectivity index (χ0v) is 14.3. The lowest BCUT2D eigenvalue weighted by Gasteiger charge is -2.23. The molecule has 0 aromatic carbocycles. The summed E-state index contributed by atoms with van der Waals surface area (Å²) >= 11 is 3.47. The fraction of sp³-hybridized carbons (Fsp3) is 0.375. The molecule has 3 aromatic rings. The summed E-state index contributed by atoms with van der Waals surface area (Å²) in [5.41, 5.74) is 0. The van der Waals surface area contributed by atoms with Crippen LogP contribution in [0.3, 0.4) is 0 Å². The molecule has 0 radical (unpaired) electrons. The Morgan fingerprint density at radius 1 is 1.14 bits per heavy atom. The summed E-state index contributed by atoms with van der Waals surface area (Å²) in [5, 5.41) is 8.89. The third-order valence-corrected chi connectivity index (χ3v) is 5.17. The van der Waals surface area contributed by atoms with Crippen molar-refractivity contribution in [2.45, 2.75) is 19.9 Å². The van der Waals surface area contributed by atoms with Crippen molar-refractivity contribution in [3.05, 3.63) is 40.2 Å². The van der Waals surface area contributed by atoms with Crippen molar-refractivity contribution in [2.24, 2.45) is 0 Å². The molecular formula is C16H20N4S2. The first-order valence-electron chi connectivity index (χ1n) is 7.54. The van der Waals surface area contributed by atoms with Crippen molar-refractivity contribution < 1.29 is 0 Å². The summed E-state index contributed by atoms with van der Waals surface area (Å²) in [5.74, 6) is 1.06. The molecule has 0 atom stereocenters. The van der Waals surface area contributed by atoms with Crippen molar-refractivity contribution in [1.29, 1.82) is 0 Å². The highest BCUT2D eigenvalue weighted by molar-refractivity contribution is 7.16. The van der Waals surface area contributed by atoms with Gasteiger partial charge in [-0.1, -0.05) is 13.0 Å². The molecule has 0 unspecified atom stereocenters. The molecular weight excluding hydrogens is 312 g/mol. The molecule has 3 heterocycles. The Kier molecular flexibility index (Phi) is 5.37. The van der Waals surface area contributed by atoms with Gasteiger partial charge in [0, 0.05) is 31.1 Å². The number of hydrogen-bond acceptors (Lipinski definition) is 6. The molecule has 0 spiro atoms. The van der Waals surface area contributed by atoms with E-state index in [9.17, 15) is 0 Å². The normalized spacial score (nSPS) is 11.1. The fourth-order valence-electron chi connectivity index (χ4n) is 2.46. The van der Waals surface area contributed by atoms with Crippen molar-refractivity contribution in [3.8, 4) is 0 Å². The fourth-order valence-corrected chi connectivity index (χ4v) is 3.86. The molecule has 1 N–H and O–H groups in total. The molecule has 0 aliphatic heterocycles.